The van der Waals surface area contributed by atoms with Crippen LogP contribution in [-0.4, -0.2) is 11.9 Å². The van der Waals surface area contributed by atoms with Gasteiger partial charge in [-0.1, -0.05) is 24.0 Å². The number of hydrogen-bond acceptors (Lipinski definition) is 3. The molecular formula is C18H20O3. The molecule has 1 spiro atoms. The van der Waals surface area contributed by atoms with Gasteiger partial charge in [-0.2, -0.15) is 0 Å². The predicted molar refractivity (Wildman–Crippen MR) is 73.8 cm³/mol. The van der Waals surface area contributed by atoms with Crippen molar-refractivity contribution in [1.29, 1.82) is 0 Å². The van der Waals surface area contributed by atoms with Gasteiger partial charge in [0.05, 0.1) is 11.8 Å². The standard InChI is InChI=1S/C18H20O3/c19-16-12-13(17(20)21-16)15-11-9-4-3-8(7-9)10(11)14(12)18(15)5-1-2-6-18/h8-9,12-15H,1-7H2/t8-,9-,12-,13-,14+,15+/m0/s1. The van der Waals surface area contributed by atoms with Crippen molar-refractivity contribution in [2.24, 2.45) is 40.9 Å². The number of rotatable bonds is 0. The lowest BCUT2D eigenvalue weighted by Crippen LogP contribution is -2.31. The molecular weight excluding hydrogens is 264 g/mol. The fourth-order valence-electron chi connectivity index (χ4n) is 7.67. The molecule has 4 fully saturated rings. The average molecular weight is 284 g/mol. The van der Waals surface area contributed by atoms with Crippen LogP contribution in [-0.2, 0) is 14.3 Å². The summed E-state index contributed by atoms with van der Waals surface area (Å²) in [6, 6.07) is 0. The molecule has 0 radical (unpaired) electrons. The maximum Gasteiger partial charge on any atom is 0.318 e. The molecule has 21 heavy (non-hydrogen) atoms. The third-order valence-corrected chi connectivity index (χ3v) is 7.94. The SMILES string of the molecule is O=C1OC(=O)[C@H]2[C@H]1[C@H]1C3=C([C@H]4CC[C@H]3C4)[C@H]2C12CCCC2. The van der Waals surface area contributed by atoms with E-state index in [1.807, 2.05) is 0 Å². The van der Waals surface area contributed by atoms with Crippen LogP contribution in [0, 0.1) is 40.9 Å². The number of allylic oxidation sites excluding steroid dienone is 2. The van der Waals surface area contributed by atoms with Crippen molar-refractivity contribution in [3.8, 4) is 0 Å². The van der Waals surface area contributed by atoms with Crippen LogP contribution in [0.2, 0.25) is 0 Å². The highest BCUT2D eigenvalue weighted by atomic mass is 16.6. The molecule has 0 unspecified atom stereocenters. The van der Waals surface area contributed by atoms with Crippen LogP contribution >= 0.6 is 0 Å². The summed E-state index contributed by atoms with van der Waals surface area (Å²) in [5, 5.41) is 0. The first-order valence-electron chi connectivity index (χ1n) is 8.72. The lowest BCUT2D eigenvalue weighted by Gasteiger charge is -2.34. The van der Waals surface area contributed by atoms with Gasteiger partial charge in [0.25, 0.3) is 0 Å². The summed E-state index contributed by atoms with van der Waals surface area (Å²) in [5.41, 5.74) is 3.59. The van der Waals surface area contributed by atoms with Crippen LogP contribution in [0.5, 0.6) is 0 Å². The van der Waals surface area contributed by atoms with Crippen LogP contribution in [0.1, 0.15) is 44.9 Å². The zero-order valence-corrected chi connectivity index (χ0v) is 12.1. The van der Waals surface area contributed by atoms with Crippen molar-refractivity contribution in [2.45, 2.75) is 44.9 Å². The fraction of sp³-hybridized carbons (Fsp3) is 0.778. The smallest absolute Gasteiger partial charge is 0.318 e. The number of fused-ring (bicyclic) bond motifs is 9. The second kappa shape index (κ2) is 3.28. The van der Waals surface area contributed by atoms with Gasteiger partial charge in [-0.3, -0.25) is 9.59 Å². The first-order chi connectivity index (χ1) is 10.2. The Balaban J connectivity index is 1.60. The molecule has 5 aliphatic carbocycles. The highest BCUT2D eigenvalue weighted by molar-refractivity contribution is 5.99. The van der Waals surface area contributed by atoms with Crippen molar-refractivity contribution < 1.29 is 14.3 Å². The maximum absolute atomic E-state index is 12.3. The third-order valence-electron chi connectivity index (χ3n) is 7.94. The molecule has 1 saturated heterocycles. The number of esters is 2. The molecule has 3 nitrogen and oxygen atoms in total. The largest absolute Gasteiger partial charge is 0.393 e. The van der Waals surface area contributed by atoms with Gasteiger partial charge in [0.1, 0.15) is 0 Å². The van der Waals surface area contributed by atoms with Crippen molar-refractivity contribution >= 4 is 11.9 Å². The van der Waals surface area contributed by atoms with E-state index in [1.54, 1.807) is 11.1 Å². The van der Waals surface area contributed by atoms with Crippen LogP contribution < -0.4 is 0 Å². The summed E-state index contributed by atoms with van der Waals surface area (Å²) >= 11 is 0. The summed E-state index contributed by atoms with van der Waals surface area (Å²) in [6.07, 6.45) is 9.00. The summed E-state index contributed by atoms with van der Waals surface area (Å²) < 4.78 is 5.06. The number of carbonyl (C=O) groups is 2. The van der Waals surface area contributed by atoms with E-state index >= 15 is 0 Å². The minimum atomic E-state index is -0.196. The van der Waals surface area contributed by atoms with Gasteiger partial charge < -0.3 is 4.74 Å². The molecule has 6 aliphatic rings. The van der Waals surface area contributed by atoms with Crippen molar-refractivity contribution in [3.63, 3.8) is 0 Å². The molecule has 0 aromatic rings. The number of ether oxygens (including phenoxy) is 1. The molecule has 1 heterocycles. The Morgan fingerprint density at radius 3 is 1.90 bits per heavy atom. The zero-order valence-electron chi connectivity index (χ0n) is 12.1. The maximum atomic E-state index is 12.3. The Labute approximate surface area is 124 Å². The van der Waals surface area contributed by atoms with E-state index < -0.39 is 0 Å². The van der Waals surface area contributed by atoms with Gasteiger partial charge in [-0.05, 0) is 49.4 Å². The summed E-state index contributed by atoms with van der Waals surface area (Å²) in [5.74, 6) is 1.61. The quantitative estimate of drug-likeness (QED) is 0.390. The van der Waals surface area contributed by atoms with Gasteiger partial charge in [0.15, 0.2) is 0 Å². The van der Waals surface area contributed by atoms with Crippen LogP contribution in [0.3, 0.4) is 0 Å². The summed E-state index contributed by atoms with van der Waals surface area (Å²) in [6.45, 7) is 0. The van der Waals surface area contributed by atoms with Crippen molar-refractivity contribution in [3.05, 3.63) is 11.1 Å². The molecule has 110 valence electrons. The average Bonchev–Trinajstić information content (AvgIpc) is 3.25. The highest BCUT2D eigenvalue weighted by Crippen LogP contribution is 2.77. The molecule has 3 heteroatoms. The van der Waals surface area contributed by atoms with Crippen LogP contribution in [0.4, 0.5) is 0 Å². The molecule has 4 bridgehead atoms. The van der Waals surface area contributed by atoms with Gasteiger partial charge in [-0.25, -0.2) is 0 Å². The first-order valence-corrected chi connectivity index (χ1v) is 8.72. The Bertz CT molecular complexity index is 578. The van der Waals surface area contributed by atoms with Crippen LogP contribution in [0.25, 0.3) is 0 Å². The molecule has 3 saturated carbocycles. The Morgan fingerprint density at radius 2 is 1.38 bits per heavy atom. The van der Waals surface area contributed by atoms with Crippen LogP contribution in [0.15, 0.2) is 11.1 Å². The van der Waals surface area contributed by atoms with E-state index in [2.05, 4.69) is 0 Å². The second-order valence-corrected chi connectivity index (χ2v) is 8.30. The minimum absolute atomic E-state index is 0.112. The Morgan fingerprint density at radius 1 is 0.857 bits per heavy atom. The topological polar surface area (TPSA) is 43.4 Å². The monoisotopic (exact) mass is 284 g/mol. The first kappa shape index (κ1) is 11.4. The van der Waals surface area contributed by atoms with E-state index in [4.69, 9.17) is 4.74 Å². The molecule has 0 N–H and O–H groups in total. The lowest BCUT2D eigenvalue weighted by molar-refractivity contribution is -0.155. The van der Waals surface area contributed by atoms with Gasteiger partial charge in [0.2, 0.25) is 0 Å². The zero-order chi connectivity index (χ0) is 13.9. The third kappa shape index (κ3) is 1.01. The fourth-order valence-corrected chi connectivity index (χ4v) is 7.67. The minimum Gasteiger partial charge on any atom is -0.393 e. The van der Waals surface area contributed by atoms with Crippen molar-refractivity contribution in [1.82, 2.24) is 0 Å². The van der Waals surface area contributed by atoms with E-state index in [0.717, 1.165) is 11.8 Å². The molecule has 0 aromatic heterocycles. The molecule has 0 aromatic carbocycles. The van der Waals surface area contributed by atoms with Crippen molar-refractivity contribution in [2.75, 3.05) is 0 Å². The highest BCUT2D eigenvalue weighted by Gasteiger charge is 2.75. The number of hydrogen-bond donors (Lipinski definition) is 0. The summed E-state index contributed by atoms with van der Waals surface area (Å²) in [4.78, 5) is 24.7. The predicted octanol–water partition coefficient (Wildman–Crippen LogP) is 2.85. The van der Waals surface area contributed by atoms with Gasteiger partial charge in [-0.15, -0.1) is 0 Å². The number of cyclic esters (lactones) is 2. The van der Waals surface area contributed by atoms with E-state index in [-0.39, 0.29) is 29.2 Å². The van der Waals surface area contributed by atoms with Gasteiger partial charge >= 0.3 is 11.9 Å². The lowest BCUT2D eigenvalue weighted by atomic mass is 9.69. The van der Waals surface area contributed by atoms with E-state index in [9.17, 15) is 9.59 Å². The molecule has 6 rings (SSSR count). The Kier molecular flexibility index (Phi) is 1.79. The second-order valence-electron chi connectivity index (χ2n) is 8.30. The molecule has 1 aliphatic heterocycles. The number of carbonyl (C=O) groups excluding carboxylic acids is 2. The Hall–Kier alpha value is -1.12. The summed E-state index contributed by atoms with van der Waals surface area (Å²) in [7, 11) is 0. The normalized spacial score (nSPS) is 51.2. The van der Waals surface area contributed by atoms with E-state index in [0.29, 0.717) is 11.8 Å². The van der Waals surface area contributed by atoms with Gasteiger partial charge in [0, 0.05) is 11.8 Å². The van der Waals surface area contributed by atoms with E-state index in [1.165, 1.54) is 44.9 Å². The molecule has 6 atom stereocenters. The molecule has 0 amide bonds.